The van der Waals surface area contributed by atoms with Crippen LogP contribution in [0.3, 0.4) is 0 Å². The van der Waals surface area contributed by atoms with Gasteiger partial charge in [-0.15, -0.1) is 0 Å². The molecule has 1 saturated heterocycles. The topological polar surface area (TPSA) is 79.9 Å². The molecular formula is C18H27N3O4. The Hall–Kier alpha value is -2.44. The van der Waals surface area contributed by atoms with Crippen LogP contribution in [0.1, 0.15) is 37.8 Å². The van der Waals surface area contributed by atoms with Gasteiger partial charge in [-0.25, -0.2) is 4.79 Å². The molecule has 0 aliphatic carbocycles. The molecule has 0 radical (unpaired) electrons. The van der Waals surface area contributed by atoms with Crippen LogP contribution in [-0.4, -0.2) is 50.7 Å². The van der Waals surface area contributed by atoms with Crippen LogP contribution in [0.5, 0.6) is 11.5 Å². The quantitative estimate of drug-likeness (QED) is 0.739. The summed E-state index contributed by atoms with van der Waals surface area (Å²) in [5.74, 6) is 1.29. The minimum Gasteiger partial charge on any atom is -0.493 e. The molecule has 1 heterocycles. The van der Waals surface area contributed by atoms with Crippen molar-refractivity contribution in [1.82, 2.24) is 15.5 Å². The first-order valence-electron chi connectivity index (χ1n) is 8.57. The summed E-state index contributed by atoms with van der Waals surface area (Å²) >= 11 is 0. The average Bonchev–Trinajstić information content (AvgIpc) is 3.10. The molecule has 7 nitrogen and oxygen atoms in total. The largest absolute Gasteiger partial charge is 0.493 e. The zero-order valence-electron chi connectivity index (χ0n) is 15.1. The normalized spacial score (nSPS) is 16.4. The molecule has 0 aromatic heterocycles. The van der Waals surface area contributed by atoms with Crippen molar-refractivity contribution in [3.05, 3.63) is 23.8 Å². The number of amides is 3. The molecule has 1 unspecified atom stereocenters. The Morgan fingerprint density at radius 1 is 1.16 bits per heavy atom. The first kappa shape index (κ1) is 18.9. The number of rotatable bonds is 7. The maximum atomic E-state index is 12.5. The third-order valence-electron chi connectivity index (χ3n) is 4.31. The number of nitrogens with one attached hydrogen (secondary N) is 2. The fraction of sp³-hybridized carbons (Fsp3) is 0.556. The number of hydrogen-bond acceptors (Lipinski definition) is 4. The Labute approximate surface area is 148 Å². The summed E-state index contributed by atoms with van der Waals surface area (Å²) in [5.41, 5.74) is 1.04. The molecule has 25 heavy (non-hydrogen) atoms. The smallest absolute Gasteiger partial charge is 0.317 e. The van der Waals surface area contributed by atoms with Gasteiger partial charge in [0.15, 0.2) is 11.5 Å². The maximum absolute atomic E-state index is 12.5. The molecule has 1 aliphatic heterocycles. The number of methoxy groups -OCH3 is 2. The summed E-state index contributed by atoms with van der Waals surface area (Å²) in [6.07, 6.45) is 2.60. The number of benzene rings is 1. The second-order valence-electron chi connectivity index (χ2n) is 6.03. The van der Waals surface area contributed by atoms with Crippen LogP contribution >= 0.6 is 0 Å². The van der Waals surface area contributed by atoms with Gasteiger partial charge in [0.05, 0.1) is 20.3 Å². The van der Waals surface area contributed by atoms with E-state index < -0.39 is 0 Å². The number of nitrogens with zero attached hydrogens (tertiary/aromatic N) is 1. The molecule has 2 N–H and O–H groups in total. The molecule has 1 aliphatic rings. The highest BCUT2D eigenvalue weighted by Crippen LogP contribution is 2.36. The summed E-state index contributed by atoms with van der Waals surface area (Å²) < 4.78 is 10.6. The monoisotopic (exact) mass is 349 g/mol. The third kappa shape index (κ3) is 5.01. The Bertz CT molecular complexity index is 606. The Kier molecular flexibility index (Phi) is 6.91. The van der Waals surface area contributed by atoms with Crippen molar-refractivity contribution in [2.45, 2.75) is 32.2 Å². The highest BCUT2D eigenvalue weighted by molar-refractivity contribution is 5.75. The molecule has 0 spiro atoms. The first-order chi connectivity index (χ1) is 12.1. The lowest BCUT2D eigenvalue weighted by Gasteiger charge is -2.26. The van der Waals surface area contributed by atoms with Crippen LogP contribution in [-0.2, 0) is 4.79 Å². The van der Waals surface area contributed by atoms with Gasteiger partial charge in [-0.1, -0.05) is 6.07 Å². The van der Waals surface area contributed by atoms with Crippen molar-refractivity contribution < 1.29 is 19.1 Å². The van der Waals surface area contributed by atoms with Crippen LogP contribution in [0, 0.1) is 0 Å². The molecule has 0 saturated carbocycles. The first-order valence-corrected chi connectivity index (χ1v) is 8.57. The Morgan fingerprint density at radius 3 is 2.56 bits per heavy atom. The second-order valence-corrected chi connectivity index (χ2v) is 6.03. The van der Waals surface area contributed by atoms with Crippen LogP contribution in [0.15, 0.2) is 18.2 Å². The summed E-state index contributed by atoms with van der Waals surface area (Å²) in [6, 6.07) is 5.76. The molecule has 3 amide bonds. The Balaban J connectivity index is 1.95. The fourth-order valence-corrected chi connectivity index (χ4v) is 3.07. The minimum absolute atomic E-state index is 0.0372. The molecule has 138 valence electrons. The zero-order valence-corrected chi connectivity index (χ0v) is 15.1. The lowest BCUT2D eigenvalue weighted by atomic mass is 10.0. The number of carbonyl (C=O) groups excluding carboxylic acids is 2. The van der Waals surface area contributed by atoms with E-state index in [4.69, 9.17) is 9.47 Å². The van der Waals surface area contributed by atoms with Gasteiger partial charge in [0.2, 0.25) is 5.91 Å². The summed E-state index contributed by atoms with van der Waals surface area (Å²) in [7, 11) is 3.21. The van der Waals surface area contributed by atoms with Gasteiger partial charge >= 0.3 is 6.03 Å². The van der Waals surface area contributed by atoms with Crippen molar-refractivity contribution in [2.75, 3.05) is 33.9 Å². The van der Waals surface area contributed by atoms with E-state index in [0.29, 0.717) is 31.0 Å². The van der Waals surface area contributed by atoms with Gasteiger partial charge in [0.25, 0.3) is 0 Å². The molecule has 1 aromatic carbocycles. The highest BCUT2D eigenvalue weighted by Gasteiger charge is 2.30. The number of hydrogen-bond donors (Lipinski definition) is 2. The van der Waals surface area contributed by atoms with E-state index in [-0.39, 0.29) is 18.0 Å². The van der Waals surface area contributed by atoms with E-state index in [1.54, 1.807) is 14.2 Å². The van der Waals surface area contributed by atoms with E-state index in [1.807, 2.05) is 23.1 Å². The summed E-state index contributed by atoms with van der Waals surface area (Å²) in [6.45, 7) is 3.32. The molecule has 0 bridgehead atoms. The van der Waals surface area contributed by atoms with Crippen molar-refractivity contribution in [3.8, 4) is 11.5 Å². The van der Waals surface area contributed by atoms with E-state index in [0.717, 1.165) is 24.9 Å². The lowest BCUT2D eigenvalue weighted by molar-refractivity contribution is -0.118. The molecule has 1 fully saturated rings. The Morgan fingerprint density at radius 2 is 1.88 bits per heavy atom. The number of carbonyl (C=O) groups is 2. The molecule has 1 atom stereocenters. The third-order valence-corrected chi connectivity index (χ3v) is 4.31. The maximum Gasteiger partial charge on any atom is 0.317 e. The predicted molar refractivity (Wildman–Crippen MR) is 94.9 cm³/mol. The van der Waals surface area contributed by atoms with Gasteiger partial charge < -0.3 is 25.0 Å². The fourth-order valence-electron chi connectivity index (χ4n) is 3.07. The van der Waals surface area contributed by atoms with Gasteiger partial charge in [0.1, 0.15) is 0 Å². The zero-order chi connectivity index (χ0) is 18.2. The second kappa shape index (κ2) is 9.15. The van der Waals surface area contributed by atoms with Crippen LogP contribution < -0.4 is 20.1 Å². The predicted octanol–water partition coefficient (Wildman–Crippen LogP) is 2.08. The van der Waals surface area contributed by atoms with Gasteiger partial charge in [-0.3, -0.25) is 4.79 Å². The standard InChI is InChI=1S/C18H27N3O4/c1-13(22)19-9-5-10-20-18(23)21-11-4-6-15(21)14-7-8-16(24-2)17(12-14)25-3/h7-8,12,15H,4-6,9-11H2,1-3H3,(H,19,22)(H,20,23). The van der Waals surface area contributed by atoms with Crippen LogP contribution in [0.25, 0.3) is 0 Å². The molecule has 7 heteroatoms. The number of urea groups is 1. The summed E-state index contributed by atoms with van der Waals surface area (Å²) in [5, 5.41) is 5.65. The van der Waals surface area contributed by atoms with Crippen molar-refractivity contribution in [1.29, 1.82) is 0 Å². The van der Waals surface area contributed by atoms with E-state index in [2.05, 4.69) is 10.6 Å². The van der Waals surface area contributed by atoms with Crippen molar-refractivity contribution in [2.24, 2.45) is 0 Å². The van der Waals surface area contributed by atoms with Crippen molar-refractivity contribution in [3.63, 3.8) is 0 Å². The van der Waals surface area contributed by atoms with E-state index in [9.17, 15) is 9.59 Å². The average molecular weight is 349 g/mol. The summed E-state index contributed by atoms with van der Waals surface area (Å²) in [4.78, 5) is 25.2. The molecule has 2 rings (SSSR count). The number of ether oxygens (including phenoxy) is 2. The van der Waals surface area contributed by atoms with Crippen LogP contribution in [0.2, 0.25) is 0 Å². The lowest BCUT2D eigenvalue weighted by Crippen LogP contribution is -2.40. The highest BCUT2D eigenvalue weighted by atomic mass is 16.5. The van der Waals surface area contributed by atoms with Gasteiger partial charge in [-0.2, -0.15) is 0 Å². The SMILES string of the molecule is COc1ccc(C2CCCN2C(=O)NCCCNC(C)=O)cc1OC. The number of likely N-dealkylation sites (tertiary alicyclic amines) is 1. The van der Waals surface area contributed by atoms with Gasteiger partial charge in [-0.05, 0) is 37.0 Å². The minimum atomic E-state index is -0.0693. The molecular weight excluding hydrogens is 322 g/mol. The molecule has 1 aromatic rings. The van der Waals surface area contributed by atoms with Crippen molar-refractivity contribution >= 4 is 11.9 Å². The van der Waals surface area contributed by atoms with Gasteiger partial charge in [0, 0.05) is 26.6 Å². The van der Waals surface area contributed by atoms with E-state index in [1.165, 1.54) is 6.92 Å². The van der Waals surface area contributed by atoms with E-state index >= 15 is 0 Å². The van der Waals surface area contributed by atoms with Crippen LogP contribution in [0.4, 0.5) is 4.79 Å².